The van der Waals surface area contributed by atoms with E-state index in [4.69, 9.17) is 9.47 Å². The minimum atomic E-state index is -0.635. The van der Waals surface area contributed by atoms with Crippen molar-refractivity contribution < 1.29 is 28.2 Å². The van der Waals surface area contributed by atoms with Gasteiger partial charge in [-0.2, -0.15) is 5.10 Å². The van der Waals surface area contributed by atoms with Gasteiger partial charge in [-0.05, 0) is 83.0 Å². The van der Waals surface area contributed by atoms with Crippen LogP contribution in [0.3, 0.4) is 0 Å². The van der Waals surface area contributed by atoms with Crippen LogP contribution in [0.15, 0.2) is 54.7 Å². The van der Waals surface area contributed by atoms with Gasteiger partial charge < -0.3 is 25.4 Å². The molecule has 1 aliphatic rings. The highest BCUT2D eigenvalue weighted by molar-refractivity contribution is 6.01. The number of H-pyrrole nitrogens is 1. The largest absolute Gasteiger partial charge is 0.496 e. The van der Waals surface area contributed by atoms with Gasteiger partial charge in [0, 0.05) is 66.2 Å². The summed E-state index contributed by atoms with van der Waals surface area (Å²) in [6.07, 6.45) is 2.10. The van der Waals surface area contributed by atoms with Crippen LogP contribution in [0.25, 0.3) is 22.2 Å². The number of aromatic nitrogens is 3. The molecule has 4 aromatic rings. The number of aromatic amines is 1. The number of hydrogen-bond acceptors (Lipinski definition) is 8. The number of carbonyl (C=O) groups excluding carboxylic acids is 3. The Morgan fingerprint density at radius 2 is 1.85 bits per heavy atom. The third kappa shape index (κ3) is 8.45. The summed E-state index contributed by atoms with van der Waals surface area (Å²) in [4.78, 5) is 45.1. The molecule has 5 rings (SSSR count). The lowest BCUT2D eigenvalue weighted by Crippen LogP contribution is -2.56. The van der Waals surface area contributed by atoms with E-state index in [0.717, 1.165) is 27.9 Å². The average Bonchev–Trinajstić information content (AvgIpc) is 3.47. The van der Waals surface area contributed by atoms with Crippen LogP contribution >= 0.6 is 0 Å². The van der Waals surface area contributed by atoms with E-state index in [2.05, 4.69) is 31.1 Å². The number of halogens is 1. The Labute approximate surface area is 278 Å². The Hall–Kier alpha value is -5.04. The van der Waals surface area contributed by atoms with E-state index in [1.165, 1.54) is 13.2 Å². The molecule has 12 nitrogen and oxygen atoms in total. The Balaban J connectivity index is 1.29. The summed E-state index contributed by atoms with van der Waals surface area (Å²) < 4.78 is 25.7. The van der Waals surface area contributed by atoms with Crippen LogP contribution in [0.4, 0.5) is 9.18 Å². The molecule has 3 heterocycles. The number of nitrogens with zero attached hydrogens (tertiary/aromatic N) is 3. The predicted octanol–water partition coefficient (Wildman–Crippen LogP) is 4.48. The van der Waals surface area contributed by atoms with Gasteiger partial charge in [0.15, 0.2) is 0 Å². The summed E-state index contributed by atoms with van der Waals surface area (Å²) in [5.41, 5.74) is 3.43. The lowest BCUT2D eigenvalue weighted by molar-refractivity contribution is -0.128. The molecule has 0 unspecified atom stereocenters. The zero-order valence-electron chi connectivity index (χ0n) is 27.9. The smallest absolute Gasteiger partial charge is 0.407 e. The number of nitrogens with one attached hydrogen (secondary N) is 4. The van der Waals surface area contributed by atoms with E-state index in [9.17, 15) is 14.4 Å². The van der Waals surface area contributed by atoms with Crippen LogP contribution < -0.4 is 20.7 Å². The second-order valence-corrected chi connectivity index (χ2v) is 12.9. The number of piperidine rings is 1. The van der Waals surface area contributed by atoms with Crippen molar-refractivity contribution in [2.45, 2.75) is 64.8 Å². The number of methoxy groups -OCH3 is 1. The maximum atomic E-state index is 15.0. The summed E-state index contributed by atoms with van der Waals surface area (Å²) in [7, 11) is 1.47. The SMILES string of the molecule is COc1cccc(F)c1CN1C[C@H](NC(=O)c2ccc3[nH]nc(-c4ccnc(C)c4)c3c2)CC[C@H]1C(=O)NCCNC(=O)OC(C)(C)C. The van der Waals surface area contributed by atoms with E-state index >= 15 is 4.39 Å². The monoisotopic (exact) mass is 659 g/mol. The number of amides is 3. The van der Waals surface area contributed by atoms with E-state index in [1.54, 1.807) is 45.2 Å². The summed E-state index contributed by atoms with van der Waals surface area (Å²) in [6, 6.07) is 12.9. The van der Waals surface area contributed by atoms with Gasteiger partial charge in [0.25, 0.3) is 5.91 Å². The molecule has 2 aromatic carbocycles. The Kier molecular flexibility index (Phi) is 10.6. The molecule has 1 aliphatic heterocycles. The van der Waals surface area contributed by atoms with Crippen molar-refractivity contribution in [2.75, 3.05) is 26.7 Å². The third-order valence-electron chi connectivity index (χ3n) is 8.07. The maximum absolute atomic E-state index is 15.0. The molecule has 1 fully saturated rings. The normalized spacial score (nSPS) is 16.7. The minimum absolute atomic E-state index is 0.0894. The number of aryl methyl sites for hydroxylation is 1. The number of benzene rings is 2. The fourth-order valence-corrected chi connectivity index (χ4v) is 5.84. The van der Waals surface area contributed by atoms with Crippen molar-refractivity contribution >= 4 is 28.8 Å². The van der Waals surface area contributed by atoms with Crippen molar-refractivity contribution in [3.63, 3.8) is 0 Å². The fourth-order valence-electron chi connectivity index (χ4n) is 5.84. The van der Waals surface area contributed by atoms with Crippen molar-refractivity contribution in [1.29, 1.82) is 0 Å². The Morgan fingerprint density at radius 3 is 2.60 bits per heavy atom. The van der Waals surface area contributed by atoms with E-state index in [1.807, 2.05) is 36.1 Å². The number of alkyl carbamates (subject to hydrolysis) is 1. The molecule has 0 aliphatic carbocycles. The highest BCUT2D eigenvalue weighted by atomic mass is 19.1. The minimum Gasteiger partial charge on any atom is -0.496 e. The van der Waals surface area contributed by atoms with Crippen LogP contribution in [0.2, 0.25) is 0 Å². The number of likely N-dealkylation sites (tertiary alicyclic amines) is 1. The van der Waals surface area contributed by atoms with Crippen LogP contribution in [0.5, 0.6) is 5.75 Å². The third-order valence-corrected chi connectivity index (χ3v) is 8.07. The lowest BCUT2D eigenvalue weighted by Gasteiger charge is -2.39. The Morgan fingerprint density at radius 1 is 1.06 bits per heavy atom. The van der Waals surface area contributed by atoms with Gasteiger partial charge in [0.05, 0.1) is 18.7 Å². The second-order valence-electron chi connectivity index (χ2n) is 12.9. The Bertz CT molecular complexity index is 1790. The summed E-state index contributed by atoms with van der Waals surface area (Å²) in [5.74, 6) is -0.602. The molecular weight excluding hydrogens is 617 g/mol. The van der Waals surface area contributed by atoms with Crippen LogP contribution in [-0.2, 0) is 16.1 Å². The van der Waals surface area contributed by atoms with Gasteiger partial charge in [-0.3, -0.25) is 24.6 Å². The molecule has 1 saturated heterocycles. The first-order chi connectivity index (χ1) is 22.9. The van der Waals surface area contributed by atoms with Crippen LogP contribution in [0, 0.1) is 12.7 Å². The first kappa shape index (κ1) is 34.3. The topological polar surface area (TPSA) is 151 Å². The van der Waals surface area contributed by atoms with E-state index in [-0.39, 0.29) is 37.5 Å². The number of rotatable bonds is 10. The first-order valence-electron chi connectivity index (χ1n) is 15.9. The number of carbonyl (C=O) groups is 3. The molecule has 2 atom stereocenters. The van der Waals surface area contributed by atoms with Crippen molar-refractivity contribution in [1.82, 2.24) is 36.0 Å². The maximum Gasteiger partial charge on any atom is 0.407 e. The molecule has 3 amide bonds. The van der Waals surface area contributed by atoms with Gasteiger partial charge in [-0.25, -0.2) is 9.18 Å². The van der Waals surface area contributed by atoms with Crippen molar-refractivity contribution in [3.8, 4) is 17.0 Å². The molecule has 0 spiro atoms. The molecule has 0 saturated carbocycles. The average molecular weight is 660 g/mol. The zero-order valence-corrected chi connectivity index (χ0v) is 27.9. The molecule has 48 heavy (non-hydrogen) atoms. The highest BCUT2D eigenvalue weighted by Crippen LogP contribution is 2.29. The number of fused-ring (bicyclic) bond motifs is 1. The van der Waals surface area contributed by atoms with E-state index in [0.29, 0.717) is 36.3 Å². The molecule has 13 heteroatoms. The summed E-state index contributed by atoms with van der Waals surface area (Å²) in [6.45, 7) is 7.96. The number of hydrogen-bond donors (Lipinski definition) is 4. The zero-order chi connectivity index (χ0) is 34.4. The standard InChI is InChI=1S/C35H42FN7O5/c1-21-17-22(13-14-37-21)31-25-18-23(9-11-28(25)41-42-31)32(44)40-24-10-12-29(33(45)38-15-16-39-34(46)48-35(2,3)4)43(19-24)20-26-27(36)7-6-8-30(26)47-5/h6-9,11,13-14,17-18,24,29H,10,12,15-16,19-20H2,1-5H3,(H,38,45)(H,39,46)(H,40,44)(H,41,42)/t24-,29+/m1/s1. The molecular formula is C35H42FN7O5. The summed E-state index contributed by atoms with van der Waals surface area (Å²) in [5, 5.41) is 16.9. The van der Waals surface area contributed by atoms with Gasteiger partial charge in [-0.15, -0.1) is 0 Å². The number of pyridine rings is 1. The highest BCUT2D eigenvalue weighted by Gasteiger charge is 2.35. The predicted molar refractivity (Wildman–Crippen MR) is 179 cm³/mol. The van der Waals surface area contributed by atoms with E-state index < -0.39 is 23.6 Å². The second kappa shape index (κ2) is 14.8. The first-order valence-corrected chi connectivity index (χ1v) is 15.9. The van der Waals surface area contributed by atoms with Crippen LogP contribution in [0.1, 0.15) is 55.2 Å². The van der Waals surface area contributed by atoms with Gasteiger partial charge >= 0.3 is 6.09 Å². The fraction of sp³-hybridized carbons (Fsp3) is 0.400. The molecule has 0 radical (unpaired) electrons. The molecule has 2 aromatic heterocycles. The quantitative estimate of drug-likeness (QED) is 0.182. The number of ether oxygens (including phenoxy) is 2. The lowest BCUT2D eigenvalue weighted by atomic mass is 9.96. The van der Waals surface area contributed by atoms with Crippen molar-refractivity contribution in [2.24, 2.45) is 0 Å². The van der Waals surface area contributed by atoms with Crippen LogP contribution in [-0.4, -0.2) is 82.4 Å². The van der Waals surface area contributed by atoms with Gasteiger partial charge in [0.1, 0.15) is 22.9 Å². The van der Waals surface area contributed by atoms with Gasteiger partial charge in [0.2, 0.25) is 5.91 Å². The van der Waals surface area contributed by atoms with Gasteiger partial charge in [-0.1, -0.05) is 6.07 Å². The van der Waals surface area contributed by atoms with Crippen molar-refractivity contribution in [3.05, 3.63) is 77.4 Å². The molecule has 4 N–H and O–H groups in total. The molecule has 254 valence electrons. The molecule has 0 bridgehead atoms. The summed E-state index contributed by atoms with van der Waals surface area (Å²) >= 11 is 0.